The molecule has 2 amide bonds. The highest BCUT2D eigenvalue weighted by Crippen LogP contribution is 2.29. The molecule has 142 valence electrons. The molecule has 9 heteroatoms. The van der Waals surface area contributed by atoms with Crippen LogP contribution in [0.1, 0.15) is 16.7 Å². The van der Waals surface area contributed by atoms with Crippen LogP contribution in [0, 0.1) is 12.7 Å². The zero-order valence-electron chi connectivity index (χ0n) is 14.3. The van der Waals surface area contributed by atoms with Gasteiger partial charge in [-0.25, -0.2) is 9.37 Å². The first-order valence-electron chi connectivity index (χ1n) is 8.01. The van der Waals surface area contributed by atoms with Gasteiger partial charge in [0.2, 0.25) is 11.8 Å². The minimum Gasteiger partial charge on any atom is -0.327 e. The van der Waals surface area contributed by atoms with Gasteiger partial charge in [0, 0.05) is 12.7 Å². The van der Waals surface area contributed by atoms with E-state index in [2.05, 4.69) is 4.98 Å². The van der Waals surface area contributed by atoms with Crippen LogP contribution in [-0.4, -0.2) is 34.8 Å². The zero-order valence-corrected chi connectivity index (χ0v) is 14.3. The van der Waals surface area contributed by atoms with Crippen molar-refractivity contribution in [3.05, 3.63) is 59.0 Å². The molecule has 0 bridgehead atoms. The summed E-state index contributed by atoms with van der Waals surface area (Å²) >= 11 is 0. The van der Waals surface area contributed by atoms with E-state index in [4.69, 9.17) is 0 Å². The lowest BCUT2D eigenvalue weighted by atomic mass is 10.1. The quantitative estimate of drug-likeness (QED) is 0.769. The van der Waals surface area contributed by atoms with E-state index >= 15 is 0 Å². The predicted molar refractivity (Wildman–Crippen MR) is 88.1 cm³/mol. The van der Waals surface area contributed by atoms with Gasteiger partial charge in [0.05, 0.1) is 5.56 Å². The van der Waals surface area contributed by atoms with E-state index in [1.54, 1.807) is 6.92 Å². The topological polar surface area (TPSA) is 53.5 Å². The fourth-order valence-electron chi connectivity index (χ4n) is 2.74. The molecule has 0 spiro atoms. The van der Waals surface area contributed by atoms with Crippen LogP contribution in [0.3, 0.4) is 0 Å². The van der Waals surface area contributed by atoms with Crippen molar-refractivity contribution in [2.24, 2.45) is 0 Å². The third-order valence-corrected chi connectivity index (χ3v) is 4.14. The Labute approximate surface area is 152 Å². The summed E-state index contributed by atoms with van der Waals surface area (Å²) in [6.07, 6.45) is -3.05. The molecule has 1 aromatic heterocycles. The van der Waals surface area contributed by atoms with Crippen molar-refractivity contribution in [3.8, 4) is 0 Å². The van der Waals surface area contributed by atoms with Crippen molar-refractivity contribution >= 4 is 17.6 Å². The number of benzene rings is 1. The van der Waals surface area contributed by atoms with Crippen LogP contribution in [0.4, 0.5) is 23.4 Å². The highest BCUT2D eigenvalue weighted by Gasteiger charge is 2.33. The summed E-state index contributed by atoms with van der Waals surface area (Å²) in [6.45, 7) is 0.941. The monoisotopic (exact) mass is 381 g/mol. The largest absolute Gasteiger partial charge is 0.416 e. The van der Waals surface area contributed by atoms with E-state index in [1.165, 1.54) is 29.3 Å². The first-order valence-corrected chi connectivity index (χ1v) is 8.01. The molecule has 1 aromatic carbocycles. The molecule has 1 aliphatic rings. The Morgan fingerprint density at radius 3 is 2.33 bits per heavy atom. The van der Waals surface area contributed by atoms with Crippen LogP contribution < -0.4 is 4.90 Å². The molecule has 0 atom stereocenters. The number of hydrogen-bond acceptors (Lipinski definition) is 3. The van der Waals surface area contributed by atoms with Gasteiger partial charge < -0.3 is 4.90 Å². The van der Waals surface area contributed by atoms with Gasteiger partial charge in [-0.2, -0.15) is 13.2 Å². The Bertz CT molecular complexity index is 881. The van der Waals surface area contributed by atoms with Gasteiger partial charge in [-0.1, -0.05) is 12.1 Å². The van der Waals surface area contributed by atoms with Crippen molar-refractivity contribution in [3.63, 3.8) is 0 Å². The van der Waals surface area contributed by atoms with Gasteiger partial charge in [-0.15, -0.1) is 0 Å². The Hall–Kier alpha value is -2.97. The van der Waals surface area contributed by atoms with Crippen molar-refractivity contribution in [1.82, 2.24) is 9.88 Å². The molecule has 5 nitrogen and oxygen atoms in total. The molecule has 27 heavy (non-hydrogen) atoms. The number of alkyl halides is 3. The Balaban J connectivity index is 1.72. The summed E-state index contributed by atoms with van der Waals surface area (Å²) in [7, 11) is 0. The molecule has 0 aliphatic carbocycles. The van der Waals surface area contributed by atoms with Gasteiger partial charge >= 0.3 is 6.18 Å². The average Bonchev–Trinajstić information content (AvgIpc) is 2.58. The van der Waals surface area contributed by atoms with E-state index in [0.29, 0.717) is 11.1 Å². The van der Waals surface area contributed by atoms with Gasteiger partial charge in [-0.05, 0) is 36.2 Å². The highest BCUT2D eigenvalue weighted by atomic mass is 19.4. The van der Waals surface area contributed by atoms with Crippen LogP contribution >= 0.6 is 0 Å². The second-order valence-corrected chi connectivity index (χ2v) is 6.24. The first-order chi connectivity index (χ1) is 12.6. The third kappa shape index (κ3) is 4.07. The van der Waals surface area contributed by atoms with Crippen molar-refractivity contribution in [2.45, 2.75) is 19.6 Å². The fraction of sp³-hybridized carbons (Fsp3) is 0.278. The number of hydrogen-bond donors (Lipinski definition) is 0. The van der Waals surface area contributed by atoms with Gasteiger partial charge in [0.25, 0.3) is 0 Å². The van der Waals surface area contributed by atoms with Gasteiger partial charge in [0.15, 0.2) is 11.6 Å². The summed E-state index contributed by atoms with van der Waals surface area (Å²) in [6, 6.07) is 5.57. The van der Waals surface area contributed by atoms with Gasteiger partial charge in [0.1, 0.15) is 13.1 Å². The standard InChI is InChI=1S/C18H15F4N3O2/c1-11-6-14(19)17(23-7-11)25-10-15(26)24(9-16(25)27)8-12-2-4-13(5-3-12)18(20,21)22/h2-7H,8-10H2,1H3. The van der Waals surface area contributed by atoms with Crippen LogP contribution in [0.5, 0.6) is 0 Å². The predicted octanol–water partition coefficient (Wildman–Crippen LogP) is 2.92. The number of carbonyl (C=O) groups excluding carboxylic acids is 2. The van der Waals surface area contributed by atoms with Crippen LogP contribution in [0.2, 0.25) is 0 Å². The smallest absolute Gasteiger partial charge is 0.327 e. The number of aryl methyl sites for hydroxylation is 1. The Morgan fingerprint density at radius 2 is 1.74 bits per heavy atom. The van der Waals surface area contributed by atoms with E-state index in [9.17, 15) is 27.2 Å². The minimum atomic E-state index is -4.44. The Kier molecular flexibility index (Phi) is 4.86. The summed E-state index contributed by atoms with van der Waals surface area (Å²) < 4.78 is 51.8. The molecule has 2 aromatic rings. The normalized spacial score (nSPS) is 15.4. The molecular formula is C18H15F4N3O2. The maximum Gasteiger partial charge on any atom is 0.416 e. The van der Waals surface area contributed by atoms with E-state index in [1.807, 2.05) is 0 Å². The number of nitrogens with zero attached hydrogens (tertiary/aromatic N) is 3. The molecular weight excluding hydrogens is 366 g/mol. The van der Waals surface area contributed by atoms with E-state index in [-0.39, 0.29) is 25.5 Å². The molecule has 1 saturated heterocycles. The molecule has 3 rings (SSSR count). The SMILES string of the molecule is Cc1cnc(N2CC(=O)N(Cc3ccc(C(F)(F)F)cc3)CC2=O)c(F)c1. The molecule has 0 unspecified atom stereocenters. The van der Waals surface area contributed by atoms with E-state index < -0.39 is 29.4 Å². The maximum absolute atomic E-state index is 14.0. The van der Waals surface area contributed by atoms with Crippen molar-refractivity contribution in [1.29, 1.82) is 0 Å². The van der Waals surface area contributed by atoms with E-state index in [0.717, 1.165) is 17.0 Å². The number of rotatable bonds is 3. The minimum absolute atomic E-state index is 0.0135. The fourth-order valence-corrected chi connectivity index (χ4v) is 2.74. The molecule has 0 N–H and O–H groups in total. The number of aromatic nitrogens is 1. The summed E-state index contributed by atoms with van der Waals surface area (Å²) in [4.78, 5) is 30.7. The second kappa shape index (κ2) is 6.98. The maximum atomic E-state index is 14.0. The third-order valence-electron chi connectivity index (χ3n) is 4.14. The molecule has 0 radical (unpaired) electrons. The second-order valence-electron chi connectivity index (χ2n) is 6.24. The van der Waals surface area contributed by atoms with Crippen molar-refractivity contribution < 1.29 is 27.2 Å². The number of halogens is 4. The number of anilines is 1. The summed E-state index contributed by atoms with van der Waals surface area (Å²) in [5.74, 6) is -1.88. The number of carbonyl (C=O) groups is 2. The van der Waals surface area contributed by atoms with Crippen LogP contribution in [0.25, 0.3) is 0 Å². The lowest BCUT2D eigenvalue weighted by Gasteiger charge is -2.33. The van der Waals surface area contributed by atoms with Gasteiger partial charge in [-0.3, -0.25) is 14.5 Å². The zero-order chi connectivity index (χ0) is 19.8. The Morgan fingerprint density at radius 1 is 1.07 bits per heavy atom. The molecule has 1 aliphatic heterocycles. The lowest BCUT2D eigenvalue weighted by Crippen LogP contribution is -2.54. The summed E-state index contributed by atoms with van der Waals surface area (Å²) in [5.41, 5.74) is 0.243. The molecule has 1 fully saturated rings. The van der Waals surface area contributed by atoms with Crippen LogP contribution in [0.15, 0.2) is 36.5 Å². The number of pyridine rings is 1. The molecule has 0 saturated carbocycles. The van der Waals surface area contributed by atoms with Crippen molar-refractivity contribution in [2.75, 3.05) is 18.0 Å². The number of piperazine rings is 1. The summed E-state index contributed by atoms with van der Waals surface area (Å²) in [5, 5.41) is 0. The lowest BCUT2D eigenvalue weighted by molar-refractivity contribution is -0.139. The van der Waals surface area contributed by atoms with Crippen LogP contribution in [-0.2, 0) is 22.3 Å². The first kappa shape index (κ1) is 18.8. The highest BCUT2D eigenvalue weighted by molar-refractivity contribution is 6.04. The number of amides is 2. The average molecular weight is 381 g/mol. The molecule has 2 heterocycles.